The van der Waals surface area contributed by atoms with Gasteiger partial charge in [-0.3, -0.25) is 0 Å². The zero-order valence-electron chi connectivity index (χ0n) is 11.0. The van der Waals surface area contributed by atoms with E-state index in [4.69, 9.17) is 0 Å². The zero-order valence-corrected chi connectivity index (χ0v) is 12.6. The first-order valence-electron chi connectivity index (χ1n) is 6.30. The Morgan fingerprint density at radius 1 is 1.10 bits per heavy atom. The van der Waals surface area contributed by atoms with E-state index in [1.807, 2.05) is 42.5 Å². The number of hydrogen-bond donors (Lipinski definition) is 0. The largest absolute Gasteiger partial charge is 0.204 e. The molecule has 0 bridgehead atoms. The lowest BCUT2D eigenvalue weighted by molar-refractivity contribution is 0.572. The third-order valence-electron chi connectivity index (χ3n) is 2.98. The molecule has 0 saturated heterocycles. The van der Waals surface area contributed by atoms with Crippen LogP contribution in [0.3, 0.4) is 0 Å². The van der Waals surface area contributed by atoms with Crippen molar-refractivity contribution in [1.29, 1.82) is 0 Å². The van der Waals surface area contributed by atoms with Gasteiger partial charge in [-0.2, -0.15) is 4.80 Å². The van der Waals surface area contributed by atoms with Crippen molar-refractivity contribution in [2.24, 2.45) is 0 Å². The quantitative estimate of drug-likeness (QED) is 0.739. The third-order valence-corrected chi connectivity index (χ3v) is 3.47. The van der Waals surface area contributed by atoms with Gasteiger partial charge in [0.2, 0.25) is 5.82 Å². The fraction of sp³-hybridized carbons (Fsp3) is 0.133. The number of hydrogen-bond acceptors (Lipinski definition) is 3. The molecule has 20 heavy (non-hydrogen) atoms. The van der Waals surface area contributed by atoms with E-state index in [1.165, 1.54) is 5.56 Å². The molecule has 4 nitrogen and oxygen atoms in total. The van der Waals surface area contributed by atoms with Crippen molar-refractivity contribution in [3.05, 3.63) is 64.1 Å². The van der Waals surface area contributed by atoms with Crippen molar-refractivity contribution < 1.29 is 0 Å². The molecule has 5 heteroatoms. The highest BCUT2D eigenvalue weighted by Crippen LogP contribution is 2.15. The van der Waals surface area contributed by atoms with E-state index < -0.39 is 0 Å². The normalized spacial score (nSPS) is 10.7. The zero-order chi connectivity index (χ0) is 13.9. The molecule has 0 spiro atoms. The van der Waals surface area contributed by atoms with Gasteiger partial charge in [0.1, 0.15) is 0 Å². The summed E-state index contributed by atoms with van der Waals surface area (Å²) in [5.41, 5.74) is 3.33. The van der Waals surface area contributed by atoms with E-state index >= 15 is 0 Å². The molecule has 0 saturated carbocycles. The predicted molar refractivity (Wildman–Crippen MR) is 81.2 cm³/mol. The van der Waals surface area contributed by atoms with Gasteiger partial charge < -0.3 is 0 Å². The maximum Gasteiger partial charge on any atom is 0.204 e. The van der Waals surface area contributed by atoms with E-state index in [1.54, 1.807) is 4.80 Å². The molecule has 100 valence electrons. The van der Waals surface area contributed by atoms with Crippen LogP contribution in [0.1, 0.15) is 11.1 Å². The van der Waals surface area contributed by atoms with Gasteiger partial charge in [-0.05, 0) is 29.8 Å². The smallest absolute Gasteiger partial charge is 0.159 e. The molecular weight excluding hydrogens is 316 g/mol. The first kappa shape index (κ1) is 13.0. The van der Waals surface area contributed by atoms with Gasteiger partial charge in [-0.15, -0.1) is 10.2 Å². The van der Waals surface area contributed by atoms with Gasteiger partial charge in [0, 0.05) is 10.0 Å². The van der Waals surface area contributed by atoms with Crippen molar-refractivity contribution in [3.8, 4) is 11.4 Å². The van der Waals surface area contributed by atoms with Gasteiger partial charge >= 0.3 is 0 Å². The van der Waals surface area contributed by atoms with Crippen molar-refractivity contribution in [3.63, 3.8) is 0 Å². The van der Waals surface area contributed by atoms with Crippen molar-refractivity contribution >= 4 is 15.9 Å². The highest BCUT2D eigenvalue weighted by Gasteiger charge is 2.06. The van der Waals surface area contributed by atoms with Crippen LogP contribution in [0.5, 0.6) is 0 Å². The number of nitrogens with zero attached hydrogens (tertiary/aromatic N) is 4. The Kier molecular flexibility index (Phi) is 3.60. The van der Waals surface area contributed by atoms with Gasteiger partial charge in [-0.25, -0.2) is 0 Å². The van der Waals surface area contributed by atoms with Gasteiger partial charge in [0.15, 0.2) is 0 Å². The number of rotatable bonds is 3. The summed E-state index contributed by atoms with van der Waals surface area (Å²) in [6.07, 6.45) is 0. The summed E-state index contributed by atoms with van der Waals surface area (Å²) in [6, 6.07) is 16.2. The molecule has 2 aromatic carbocycles. The molecule has 0 aliphatic rings. The van der Waals surface area contributed by atoms with Crippen LogP contribution in [0.2, 0.25) is 0 Å². The average Bonchev–Trinajstić information content (AvgIpc) is 2.88. The van der Waals surface area contributed by atoms with Crippen LogP contribution in [-0.2, 0) is 6.54 Å². The topological polar surface area (TPSA) is 43.6 Å². The van der Waals surface area contributed by atoms with Crippen LogP contribution in [0, 0.1) is 6.92 Å². The van der Waals surface area contributed by atoms with Crippen molar-refractivity contribution in [1.82, 2.24) is 20.2 Å². The number of aromatic nitrogens is 4. The summed E-state index contributed by atoms with van der Waals surface area (Å²) in [5, 5.41) is 12.6. The molecule has 1 heterocycles. The van der Waals surface area contributed by atoms with E-state index in [-0.39, 0.29) is 0 Å². The number of aryl methyl sites for hydroxylation is 1. The molecule has 0 aliphatic carbocycles. The predicted octanol–water partition coefficient (Wildman–Crippen LogP) is 3.46. The Bertz CT molecular complexity index is 719. The summed E-state index contributed by atoms with van der Waals surface area (Å²) in [5.74, 6) is 0.653. The number of halogens is 1. The Balaban J connectivity index is 1.82. The Morgan fingerprint density at radius 3 is 2.65 bits per heavy atom. The van der Waals surface area contributed by atoms with Crippen molar-refractivity contribution in [2.75, 3.05) is 0 Å². The first-order valence-corrected chi connectivity index (χ1v) is 7.09. The molecule has 0 atom stereocenters. The van der Waals surface area contributed by atoms with E-state index in [9.17, 15) is 0 Å². The monoisotopic (exact) mass is 328 g/mol. The molecule has 0 unspecified atom stereocenters. The maximum atomic E-state index is 4.41. The minimum Gasteiger partial charge on any atom is -0.159 e. The maximum absolute atomic E-state index is 4.41. The van der Waals surface area contributed by atoms with Gasteiger partial charge in [0.05, 0.1) is 6.54 Å². The molecule has 0 fully saturated rings. The molecule has 0 N–H and O–H groups in total. The highest BCUT2D eigenvalue weighted by atomic mass is 79.9. The summed E-state index contributed by atoms with van der Waals surface area (Å²) < 4.78 is 1.05. The molecule has 1 aromatic heterocycles. The SMILES string of the molecule is Cc1ccc(-c2nnn(Cc3cccc(Br)c3)n2)cc1. The fourth-order valence-electron chi connectivity index (χ4n) is 1.93. The lowest BCUT2D eigenvalue weighted by Gasteiger charge is -2.00. The average molecular weight is 329 g/mol. The van der Waals surface area contributed by atoms with Crippen LogP contribution in [0.25, 0.3) is 11.4 Å². The lowest BCUT2D eigenvalue weighted by atomic mass is 10.1. The van der Waals surface area contributed by atoms with E-state index in [0.717, 1.165) is 15.6 Å². The second-order valence-electron chi connectivity index (χ2n) is 4.64. The molecule has 0 amide bonds. The lowest BCUT2D eigenvalue weighted by Crippen LogP contribution is -2.03. The van der Waals surface area contributed by atoms with E-state index in [0.29, 0.717) is 12.4 Å². The summed E-state index contributed by atoms with van der Waals surface area (Å²) in [7, 11) is 0. The molecule has 3 rings (SSSR count). The number of benzene rings is 2. The van der Waals surface area contributed by atoms with Crippen molar-refractivity contribution in [2.45, 2.75) is 13.5 Å². The minimum atomic E-state index is 0.609. The molecule has 0 radical (unpaired) electrons. The molecule has 0 aliphatic heterocycles. The molecular formula is C15H13BrN4. The van der Waals surface area contributed by atoms with Gasteiger partial charge in [-0.1, -0.05) is 57.9 Å². The summed E-state index contributed by atoms with van der Waals surface area (Å²) >= 11 is 3.46. The van der Waals surface area contributed by atoms with Crippen LogP contribution < -0.4 is 0 Å². The van der Waals surface area contributed by atoms with Crippen LogP contribution >= 0.6 is 15.9 Å². The fourth-order valence-corrected chi connectivity index (χ4v) is 2.37. The Hall–Kier alpha value is -2.01. The van der Waals surface area contributed by atoms with E-state index in [2.05, 4.69) is 44.3 Å². The Labute approximate surface area is 125 Å². The summed E-state index contributed by atoms with van der Waals surface area (Å²) in [4.78, 5) is 1.61. The highest BCUT2D eigenvalue weighted by molar-refractivity contribution is 9.10. The second-order valence-corrected chi connectivity index (χ2v) is 5.56. The van der Waals surface area contributed by atoms with Crippen LogP contribution in [0.4, 0.5) is 0 Å². The van der Waals surface area contributed by atoms with Gasteiger partial charge in [0.25, 0.3) is 0 Å². The van der Waals surface area contributed by atoms with Crippen LogP contribution in [0.15, 0.2) is 53.0 Å². The van der Waals surface area contributed by atoms with Crippen LogP contribution in [-0.4, -0.2) is 20.2 Å². The standard InChI is InChI=1S/C15H13BrN4/c1-11-5-7-13(8-6-11)15-17-19-20(18-15)10-12-3-2-4-14(16)9-12/h2-9H,10H2,1H3. The summed E-state index contributed by atoms with van der Waals surface area (Å²) in [6.45, 7) is 2.67. The minimum absolute atomic E-state index is 0.609. The molecule has 3 aromatic rings. The Morgan fingerprint density at radius 2 is 1.90 bits per heavy atom. The number of tetrazole rings is 1. The third kappa shape index (κ3) is 2.93. The second kappa shape index (κ2) is 5.54. The first-order chi connectivity index (χ1) is 9.70.